The third kappa shape index (κ3) is 4.66. The Balaban J connectivity index is 2.39. The molecule has 94 valence electrons. The van der Waals surface area contributed by atoms with Gasteiger partial charge < -0.3 is 15.7 Å². The number of hydrogen-bond acceptors (Lipinski definition) is 2. The van der Waals surface area contributed by atoms with Gasteiger partial charge in [-0.05, 0) is 42.8 Å². The van der Waals surface area contributed by atoms with E-state index >= 15 is 0 Å². The molecular weight excluding hydrogens is 220 g/mol. The SMILES string of the molecule is CC1CC(NC(=S)NCCO)CC(C)(C)C1. The Bertz CT molecular complexity index is 243. The fourth-order valence-corrected chi connectivity index (χ4v) is 3.13. The number of aliphatic hydroxyl groups excluding tert-OH is 1. The smallest absolute Gasteiger partial charge is 0.166 e. The second kappa shape index (κ2) is 5.82. The molecule has 1 aliphatic carbocycles. The van der Waals surface area contributed by atoms with Crippen LogP contribution in [0.15, 0.2) is 0 Å². The van der Waals surface area contributed by atoms with Crippen molar-refractivity contribution in [3.8, 4) is 0 Å². The van der Waals surface area contributed by atoms with Gasteiger partial charge in [0.25, 0.3) is 0 Å². The lowest BCUT2D eigenvalue weighted by atomic mass is 9.71. The summed E-state index contributed by atoms with van der Waals surface area (Å²) in [4.78, 5) is 0. The highest BCUT2D eigenvalue weighted by Gasteiger charge is 2.32. The van der Waals surface area contributed by atoms with Crippen LogP contribution in [0, 0.1) is 11.3 Å². The summed E-state index contributed by atoms with van der Waals surface area (Å²) in [6.45, 7) is 7.59. The Labute approximate surface area is 104 Å². The van der Waals surface area contributed by atoms with Crippen molar-refractivity contribution in [2.75, 3.05) is 13.2 Å². The maximum Gasteiger partial charge on any atom is 0.166 e. The molecule has 0 heterocycles. The van der Waals surface area contributed by atoms with Gasteiger partial charge in [0.05, 0.1) is 6.61 Å². The maximum atomic E-state index is 8.70. The molecule has 0 radical (unpaired) electrons. The predicted octanol–water partition coefficient (Wildman–Crippen LogP) is 1.66. The summed E-state index contributed by atoms with van der Waals surface area (Å²) in [5.41, 5.74) is 0.405. The lowest BCUT2D eigenvalue weighted by Gasteiger charge is -2.39. The summed E-state index contributed by atoms with van der Waals surface area (Å²) in [6.07, 6.45) is 3.64. The van der Waals surface area contributed by atoms with Crippen LogP contribution < -0.4 is 10.6 Å². The number of thiocarbonyl (C=S) groups is 1. The third-order valence-electron chi connectivity index (χ3n) is 3.12. The van der Waals surface area contributed by atoms with Crippen molar-refractivity contribution < 1.29 is 5.11 Å². The second-order valence-corrected chi connectivity index (χ2v) is 6.14. The van der Waals surface area contributed by atoms with Crippen molar-refractivity contribution in [3.63, 3.8) is 0 Å². The fourth-order valence-electron chi connectivity index (χ4n) is 2.86. The normalized spacial score (nSPS) is 28.5. The van der Waals surface area contributed by atoms with Gasteiger partial charge in [-0.2, -0.15) is 0 Å². The summed E-state index contributed by atoms with van der Waals surface area (Å²) in [5.74, 6) is 0.752. The van der Waals surface area contributed by atoms with Gasteiger partial charge in [-0.25, -0.2) is 0 Å². The molecule has 0 spiro atoms. The predicted molar refractivity (Wildman–Crippen MR) is 71.4 cm³/mol. The average Bonchev–Trinajstić information content (AvgIpc) is 2.11. The first kappa shape index (κ1) is 13.7. The standard InChI is InChI=1S/C12H24N2OS/c1-9-6-10(8-12(2,3)7-9)14-11(16)13-4-5-15/h9-10,15H,4-8H2,1-3H3,(H2,13,14,16). The molecule has 1 saturated carbocycles. The van der Waals surface area contributed by atoms with Crippen molar-refractivity contribution in [1.82, 2.24) is 10.6 Å². The Hall–Kier alpha value is -0.350. The van der Waals surface area contributed by atoms with E-state index in [9.17, 15) is 0 Å². The van der Waals surface area contributed by atoms with Crippen LogP contribution in [0.2, 0.25) is 0 Å². The Kier molecular flexibility index (Phi) is 4.99. The van der Waals surface area contributed by atoms with Crippen molar-refractivity contribution in [1.29, 1.82) is 0 Å². The zero-order valence-corrected chi connectivity index (χ0v) is 11.4. The highest BCUT2D eigenvalue weighted by molar-refractivity contribution is 7.80. The van der Waals surface area contributed by atoms with E-state index in [0.717, 1.165) is 12.3 Å². The van der Waals surface area contributed by atoms with Crippen molar-refractivity contribution in [2.45, 2.75) is 46.1 Å². The van der Waals surface area contributed by atoms with Gasteiger partial charge in [0.15, 0.2) is 5.11 Å². The quantitative estimate of drug-likeness (QED) is 0.661. The van der Waals surface area contributed by atoms with Crippen molar-refractivity contribution in [2.24, 2.45) is 11.3 Å². The molecule has 3 N–H and O–H groups in total. The molecule has 1 fully saturated rings. The van der Waals surface area contributed by atoms with Crippen molar-refractivity contribution in [3.05, 3.63) is 0 Å². The first-order chi connectivity index (χ1) is 7.43. The van der Waals surface area contributed by atoms with Crippen LogP contribution in [0.3, 0.4) is 0 Å². The zero-order valence-electron chi connectivity index (χ0n) is 10.5. The summed E-state index contributed by atoms with van der Waals surface area (Å²) in [6, 6.07) is 0.470. The second-order valence-electron chi connectivity index (χ2n) is 5.73. The minimum absolute atomic E-state index is 0.119. The van der Waals surface area contributed by atoms with Crippen LogP contribution in [-0.2, 0) is 0 Å². The van der Waals surface area contributed by atoms with E-state index in [-0.39, 0.29) is 6.61 Å². The van der Waals surface area contributed by atoms with Gasteiger partial charge in [0, 0.05) is 12.6 Å². The largest absolute Gasteiger partial charge is 0.395 e. The fraction of sp³-hybridized carbons (Fsp3) is 0.917. The van der Waals surface area contributed by atoms with Crippen LogP contribution in [0.25, 0.3) is 0 Å². The molecule has 0 aromatic heterocycles. The van der Waals surface area contributed by atoms with Crippen molar-refractivity contribution >= 4 is 17.3 Å². The number of aliphatic hydroxyl groups is 1. The zero-order chi connectivity index (χ0) is 12.2. The van der Waals surface area contributed by atoms with Gasteiger partial charge in [-0.3, -0.25) is 0 Å². The van der Waals surface area contributed by atoms with E-state index < -0.39 is 0 Å². The minimum Gasteiger partial charge on any atom is -0.395 e. The van der Waals surface area contributed by atoms with Gasteiger partial charge in [-0.15, -0.1) is 0 Å². The Morgan fingerprint density at radius 2 is 2.12 bits per heavy atom. The molecule has 2 unspecified atom stereocenters. The van der Waals surface area contributed by atoms with Gasteiger partial charge >= 0.3 is 0 Å². The molecule has 0 aliphatic heterocycles. The first-order valence-corrected chi connectivity index (χ1v) is 6.49. The lowest BCUT2D eigenvalue weighted by molar-refractivity contribution is 0.161. The van der Waals surface area contributed by atoms with E-state index in [4.69, 9.17) is 17.3 Å². The molecule has 0 aromatic carbocycles. The highest BCUT2D eigenvalue weighted by atomic mass is 32.1. The van der Waals surface area contributed by atoms with Crippen LogP contribution in [0.4, 0.5) is 0 Å². The van der Waals surface area contributed by atoms with E-state index in [1.54, 1.807) is 0 Å². The molecule has 0 bridgehead atoms. The van der Waals surface area contributed by atoms with Crippen LogP contribution in [0.1, 0.15) is 40.0 Å². The molecule has 0 saturated heterocycles. The summed E-state index contributed by atoms with van der Waals surface area (Å²) in [5, 5.41) is 15.7. The molecule has 1 rings (SSSR count). The number of nitrogens with one attached hydrogen (secondary N) is 2. The highest BCUT2D eigenvalue weighted by Crippen LogP contribution is 2.38. The Morgan fingerprint density at radius 1 is 1.44 bits per heavy atom. The summed E-state index contributed by atoms with van der Waals surface area (Å²) in [7, 11) is 0. The molecule has 16 heavy (non-hydrogen) atoms. The van der Waals surface area contributed by atoms with Crippen LogP contribution >= 0.6 is 12.2 Å². The monoisotopic (exact) mass is 244 g/mol. The molecule has 2 atom stereocenters. The number of hydrogen-bond donors (Lipinski definition) is 3. The third-order valence-corrected chi connectivity index (χ3v) is 3.38. The maximum absolute atomic E-state index is 8.70. The topological polar surface area (TPSA) is 44.3 Å². The van der Waals surface area contributed by atoms with E-state index in [2.05, 4.69) is 31.4 Å². The van der Waals surface area contributed by atoms with E-state index in [1.165, 1.54) is 12.8 Å². The number of rotatable bonds is 3. The molecule has 3 nitrogen and oxygen atoms in total. The molecule has 1 aliphatic rings. The summed E-state index contributed by atoms with van der Waals surface area (Å²) < 4.78 is 0. The van der Waals surface area contributed by atoms with Gasteiger partial charge in [-0.1, -0.05) is 20.8 Å². The van der Waals surface area contributed by atoms with E-state index in [1.807, 2.05) is 0 Å². The minimum atomic E-state index is 0.119. The molecule has 4 heteroatoms. The van der Waals surface area contributed by atoms with E-state index in [0.29, 0.717) is 23.1 Å². The van der Waals surface area contributed by atoms with Gasteiger partial charge in [0.1, 0.15) is 0 Å². The van der Waals surface area contributed by atoms with Crippen LogP contribution in [0.5, 0.6) is 0 Å². The Morgan fingerprint density at radius 3 is 2.69 bits per heavy atom. The molecule has 0 aromatic rings. The molecular formula is C12H24N2OS. The first-order valence-electron chi connectivity index (χ1n) is 6.08. The average molecular weight is 244 g/mol. The van der Waals surface area contributed by atoms with Gasteiger partial charge in [0.2, 0.25) is 0 Å². The summed E-state index contributed by atoms with van der Waals surface area (Å²) >= 11 is 5.18. The van der Waals surface area contributed by atoms with Crippen LogP contribution in [-0.4, -0.2) is 29.4 Å². The molecule has 0 amide bonds. The lowest BCUT2D eigenvalue weighted by Crippen LogP contribution is -2.47.